The van der Waals surface area contributed by atoms with Gasteiger partial charge < -0.3 is 9.67 Å². The quantitative estimate of drug-likeness (QED) is 0.734. The lowest BCUT2D eigenvalue weighted by Gasteiger charge is -2.09. The van der Waals surface area contributed by atoms with Gasteiger partial charge in [-0.05, 0) is 18.6 Å². The lowest BCUT2D eigenvalue weighted by Crippen LogP contribution is -2.26. The van der Waals surface area contributed by atoms with Gasteiger partial charge in [-0.1, -0.05) is 0 Å². The molecule has 4 heteroatoms. The van der Waals surface area contributed by atoms with Gasteiger partial charge in [0.25, 0.3) is 5.56 Å². The van der Waals surface area contributed by atoms with Crippen LogP contribution in [0.1, 0.15) is 5.56 Å². The number of aliphatic hydroxyl groups excluding tert-OH is 1. The van der Waals surface area contributed by atoms with Crippen LogP contribution < -0.4 is 5.56 Å². The minimum atomic E-state index is -0.665. The number of aliphatic hydroxyl groups is 1. The van der Waals surface area contributed by atoms with Gasteiger partial charge in [-0.3, -0.25) is 4.79 Å². The smallest absolute Gasteiger partial charge is 0.250 e. The number of hydrogen-bond acceptors (Lipinski definition) is 2. The van der Waals surface area contributed by atoms with Crippen LogP contribution in [0.4, 0.5) is 0 Å². The molecule has 1 aromatic heterocycles. The van der Waals surface area contributed by atoms with Crippen molar-refractivity contribution in [2.75, 3.05) is 5.88 Å². The van der Waals surface area contributed by atoms with Gasteiger partial charge >= 0.3 is 0 Å². The molecule has 0 aromatic carbocycles. The highest BCUT2D eigenvalue weighted by atomic mass is 35.5. The van der Waals surface area contributed by atoms with Crippen LogP contribution in [0.15, 0.2) is 23.1 Å². The van der Waals surface area contributed by atoms with E-state index in [0.717, 1.165) is 5.56 Å². The summed E-state index contributed by atoms with van der Waals surface area (Å²) >= 11 is 5.42. The summed E-state index contributed by atoms with van der Waals surface area (Å²) < 4.78 is 1.44. The Bertz CT molecular complexity index is 335. The summed E-state index contributed by atoms with van der Waals surface area (Å²) in [6, 6.07) is 3.35. The molecule has 0 saturated carbocycles. The van der Waals surface area contributed by atoms with Crippen molar-refractivity contribution in [2.45, 2.75) is 19.6 Å². The fourth-order valence-electron chi connectivity index (χ4n) is 1.03. The average molecular weight is 202 g/mol. The lowest BCUT2D eigenvalue weighted by molar-refractivity contribution is 0.175. The van der Waals surface area contributed by atoms with E-state index in [9.17, 15) is 9.90 Å². The zero-order valence-corrected chi connectivity index (χ0v) is 8.16. The highest BCUT2D eigenvalue weighted by molar-refractivity contribution is 6.18. The monoisotopic (exact) mass is 201 g/mol. The van der Waals surface area contributed by atoms with Gasteiger partial charge in [0.15, 0.2) is 0 Å². The number of pyridine rings is 1. The van der Waals surface area contributed by atoms with Gasteiger partial charge in [0.1, 0.15) is 0 Å². The number of hydrogen-bond donors (Lipinski definition) is 1. The Labute approximate surface area is 81.6 Å². The molecular weight excluding hydrogens is 190 g/mol. The number of alkyl halides is 1. The first-order chi connectivity index (χ1) is 6.13. The van der Waals surface area contributed by atoms with Crippen LogP contribution >= 0.6 is 11.6 Å². The maximum absolute atomic E-state index is 11.3. The molecule has 1 atom stereocenters. The molecule has 13 heavy (non-hydrogen) atoms. The summed E-state index contributed by atoms with van der Waals surface area (Å²) in [5.41, 5.74) is 0.811. The van der Waals surface area contributed by atoms with Gasteiger partial charge in [-0.25, -0.2) is 0 Å². The molecule has 0 fully saturated rings. The summed E-state index contributed by atoms with van der Waals surface area (Å²) in [4.78, 5) is 11.3. The number of halogens is 1. The SMILES string of the molecule is Cc1ccn(CC(O)CCl)c(=O)c1. The van der Waals surface area contributed by atoms with Crippen molar-refractivity contribution in [3.8, 4) is 0 Å². The number of aromatic nitrogens is 1. The summed E-state index contributed by atoms with van der Waals surface area (Å²) in [7, 11) is 0. The minimum absolute atomic E-state index is 0.107. The molecule has 0 aliphatic heterocycles. The second-order valence-corrected chi connectivity index (χ2v) is 3.31. The summed E-state index contributed by atoms with van der Waals surface area (Å²) in [6.07, 6.45) is 0.995. The van der Waals surface area contributed by atoms with Crippen molar-refractivity contribution >= 4 is 11.6 Å². The molecule has 72 valence electrons. The second-order valence-electron chi connectivity index (χ2n) is 3.00. The zero-order valence-electron chi connectivity index (χ0n) is 7.40. The maximum atomic E-state index is 11.3. The second kappa shape index (κ2) is 4.44. The first kappa shape index (κ1) is 10.3. The molecule has 3 nitrogen and oxygen atoms in total. The molecule has 0 saturated heterocycles. The van der Waals surface area contributed by atoms with E-state index >= 15 is 0 Å². The largest absolute Gasteiger partial charge is 0.390 e. The number of aryl methyl sites for hydroxylation is 1. The average Bonchev–Trinajstić information content (AvgIpc) is 2.09. The minimum Gasteiger partial charge on any atom is -0.390 e. The van der Waals surface area contributed by atoms with E-state index in [4.69, 9.17) is 11.6 Å². The molecule has 0 aliphatic carbocycles. The van der Waals surface area contributed by atoms with Crippen molar-refractivity contribution in [2.24, 2.45) is 0 Å². The van der Waals surface area contributed by atoms with Gasteiger partial charge in [-0.15, -0.1) is 11.6 Å². The highest BCUT2D eigenvalue weighted by Crippen LogP contribution is 1.94. The molecule has 0 radical (unpaired) electrons. The molecule has 0 bridgehead atoms. The Kier molecular flexibility index (Phi) is 3.51. The number of rotatable bonds is 3. The van der Waals surface area contributed by atoms with E-state index in [2.05, 4.69) is 0 Å². The Morgan fingerprint density at radius 3 is 2.92 bits per heavy atom. The van der Waals surface area contributed by atoms with E-state index in [1.807, 2.05) is 13.0 Å². The first-order valence-electron chi connectivity index (χ1n) is 4.04. The van der Waals surface area contributed by atoms with E-state index in [-0.39, 0.29) is 18.0 Å². The Morgan fingerprint density at radius 1 is 1.69 bits per heavy atom. The Hall–Kier alpha value is -0.800. The predicted octanol–water partition coefficient (Wildman–Crippen LogP) is 0.756. The van der Waals surface area contributed by atoms with Crippen molar-refractivity contribution in [3.05, 3.63) is 34.2 Å². The zero-order chi connectivity index (χ0) is 9.84. The summed E-state index contributed by atoms with van der Waals surface area (Å²) in [6.45, 7) is 2.10. The molecule has 1 heterocycles. The summed E-state index contributed by atoms with van der Waals surface area (Å²) in [5, 5.41) is 9.21. The van der Waals surface area contributed by atoms with Crippen LogP contribution in [-0.4, -0.2) is 21.7 Å². The van der Waals surface area contributed by atoms with Crippen LogP contribution in [0, 0.1) is 6.92 Å². The maximum Gasteiger partial charge on any atom is 0.250 e. The Balaban J connectivity index is 2.84. The van der Waals surface area contributed by atoms with Gasteiger partial charge in [0.05, 0.1) is 18.5 Å². The van der Waals surface area contributed by atoms with Gasteiger partial charge in [0.2, 0.25) is 0 Å². The third-order valence-corrected chi connectivity index (χ3v) is 2.09. The first-order valence-corrected chi connectivity index (χ1v) is 4.58. The molecule has 1 N–H and O–H groups in total. The van der Waals surface area contributed by atoms with Crippen LogP contribution in [0.25, 0.3) is 0 Å². The highest BCUT2D eigenvalue weighted by Gasteiger charge is 2.03. The number of nitrogens with zero attached hydrogens (tertiary/aromatic N) is 1. The van der Waals surface area contributed by atoms with Crippen molar-refractivity contribution in [3.63, 3.8) is 0 Å². The third kappa shape index (κ3) is 2.86. The van der Waals surface area contributed by atoms with Crippen molar-refractivity contribution in [1.82, 2.24) is 4.57 Å². The van der Waals surface area contributed by atoms with Crippen LogP contribution in [0.3, 0.4) is 0 Å². The Morgan fingerprint density at radius 2 is 2.38 bits per heavy atom. The molecular formula is C9H12ClNO2. The molecule has 1 rings (SSSR count). The van der Waals surface area contributed by atoms with Crippen LogP contribution in [-0.2, 0) is 6.54 Å². The fraction of sp³-hybridized carbons (Fsp3) is 0.444. The van der Waals surface area contributed by atoms with E-state index < -0.39 is 6.10 Å². The molecule has 0 amide bonds. The third-order valence-electron chi connectivity index (χ3n) is 1.74. The van der Waals surface area contributed by atoms with Crippen molar-refractivity contribution in [1.29, 1.82) is 0 Å². The standard InChI is InChI=1S/C9H12ClNO2/c1-7-2-3-11(9(13)4-7)6-8(12)5-10/h2-4,8,12H,5-6H2,1H3. The predicted molar refractivity (Wildman–Crippen MR) is 52.2 cm³/mol. The van der Waals surface area contributed by atoms with Crippen LogP contribution in [0.2, 0.25) is 0 Å². The van der Waals surface area contributed by atoms with E-state index in [1.165, 1.54) is 10.6 Å². The van der Waals surface area contributed by atoms with Gasteiger partial charge in [0, 0.05) is 12.3 Å². The molecule has 0 spiro atoms. The fourth-order valence-corrected chi connectivity index (χ4v) is 1.13. The van der Waals surface area contributed by atoms with Gasteiger partial charge in [-0.2, -0.15) is 0 Å². The van der Waals surface area contributed by atoms with E-state index in [1.54, 1.807) is 6.20 Å². The lowest BCUT2D eigenvalue weighted by atomic mass is 10.3. The topological polar surface area (TPSA) is 42.2 Å². The molecule has 0 aliphatic rings. The normalized spacial score (nSPS) is 12.8. The molecule has 1 unspecified atom stereocenters. The van der Waals surface area contributed by atoms with E-state index in [0.29, 0.717) is 0 Å². The van der Waals surface area contributed by atoms with Crippen molar-refractivity contribution < 1.29 is 5.11 Å². The van der Waals surface area contributed by atoms with Crippen LogP contribution in [0.5, 0.6) is 0 Å². The molecule has 1 aromatic rings. The summed E-state index contributed by atoms with van der Waals surface area (Å²) in [5.74, 6) is 0.139.